The van der Waals surface area contributed by atoms with Crippen LogP contribution in [0.4, 0.5) is 0 Å². The number of amides is 1. The van der Waals surface area contributed by atoms with Gasteiger partial charge in [-0.3, -0.25) is 4.79 Å². The minimum atomic E-state index is -0.393. The number of carbonyl (C=O) groups is 1. The van der Waals surface area contributed by atoms with Gasteiger partial charge in [0.05, 0.1) is 10.4 Å². The molecule has 0 atom stereocenters. The Labute approximate surface area is 105 Å². The zero-order chi connectivity index (χ0) is 12.2. The highest BCUT2D eigenvalue weighted by atomic mass is 35.5. The third-order valence-electron chi connectivity index (χ3n) is 2.33. The Balaban J connectivity index is 2.38. The molecule has 0 spiro atoms. The van der Waals surface area contributed by atoms with Crippen LogP contribution in [0.1, 0.15) is 18.7 Å². The van der Waals surface area contributed by atoms with Crippen LogP contribution in [0.15, 0.2) is 11.4 Å². The minimum absolute atomic E-state index is 0.0456. The highest BCUT2D eigenvalue weighted by Crippen LogP contribution is 2.19. The average Bonchev–Trinajstić information content (AvgIpc) is 2.62. The van der Waals surface area contributed by atoms with Crippen molar-refractivity contribution in [2.75, 3.05) is 13.6 Å². The molecule has 2 N–H and O–H groups in total. The van der Waals surface area contributed by atoms with Crippen LogP contribution in [-0.2, 0) is 11.3 Å². The van der Waals surface area contributed by atoms with Gasteiger partial charge in [0.1, 0.15) is 0 Å². The van der Waals surface area contributed by atoms with E-state index in [1.165, 1.54) is 4.88 Å². The Morgan fingerprint density at radius 3 is 2.75 bits per heavy atom. The fraction of sp³-hybridized carbons (Fsp3) is 0.545. The third kappa shape index (κ3) is 3.77. The van der Waals surface area contributed by atoms with E-state index in [2.05, 4.69) is 10.6 Å². The fourth-order valence-electron chi connectivity index (χ4n) is 1.36. The first-order valence-electron chi connectivity index (χ1n) is 5.11. The van der Waals surface area contributed by atoms with Gasteiger partial charge < -0.3 is 10.6 Å². The van der Waals surface area contributed by atoms with E-state index >= 15 is 0 Å². The molecule has 0 aliphatic rings. The average molecular weight is 261 g/mol. The summed E-state index contributed by atoms with van der Waals surface area (Å²) in [5.74, 6) is 0.0456. The summed E-state index contributed by atoms with van der Waals surface area (Å²) in [6.45, 7) is 5.22. The van der Waals surface area contributed by atoms with Gasteiger partial charge in [0, 0.05) is 30.4 Å². The van der Waals surface area contributed by atoms with Gasteiger partial charge in [0.25, 0.3) is 0 Å². The number of halogens is 1. The second-order valence-electron chi connectivity index (χ2n) is 4.30. The topological polar surface area (TPSA) is 41.1 Å². The summed E-state index contributed by atoms with van der Waals surface area (Å²) in [6.07, 6.45) is 0. The first-order chi connectivity index (χ1) is 7.45. The summed E-state index contributed by atoms with van der Waals surface area (Å²) in [7, 11) is 1.66. The molecule has 1 rings (SSSR count). The summed E-state index contributed by atoms with van der Waals surface area (Å²) in [6, 6.07) is 1.94. The Hall–Kier alpha value is -0.580. The number of thiophene rings is 1. The SMILES string of the molecule is CNC(=O)C(C)(C)CNCc1cc(Cl)cs1. The summed E-state index contributed by atoms with van der Waals surface area (Å²) in [5, 5.41) is 8.60. The van der Waals surface area contributed by atoms with Gasteiger partial charge in [-0.2, -0.15) is 0 Å². The molecular weight excluding hydrogens is 244 g/mol. The van der Waals surface area contributed by atoms with Gasteiger partial charge in [-0.1, -0.05) is 11.6 Å². The molecule has 90 valence electrons. The lowest BCUT2D eigenvalue weighted by Gasteiger charge is -2.22. The normalized spacial score (nSPS) is 11.5. The van der Waals surface area contributed by atoms with Gasteiger partial charge in [-0.25, -0.2) is 0 Å². The monoisotopic (exact) mass is 260 g/mol. The summed E-state index contributed by atoms with van der Waals surface area (Å²) < 4.78 is 0. The largest absolute Gasteiger partial charge is 0.359 e. The fourth-order valence-corrected chi connectivity index (χ4v) is 2.41. The van der Waals surface area contributed by atoms with Crippen molar-refractivity contribution in [3.05, 3.63) is 21.3 Å². The van der Waals surface area contributed by atoms with E-state index in [9.17, 15) is 4.79 Å². The standard InChI is InChI=1S/C11H17ClN2OS/c1-11(2,10(15)13-3)7-14-5-9-4-8(12)6-16-9/h4,6,14H,5,7H2,1-3H3,(H,13,15). The molecule has 0 radical (unpaired) electrons. The molecule has 1 aromatic heterocycles. The van der Waals surface area contributed by atoms with E-state index in [1.807, 2.05) is 25.3 Å². The molecule has 0 bridgehead atoms. The van der Waals surface area contributed by atoms with E-state index < -0.39 is 5.41 Å². The van der Waals surface area contributed by atoms with Crippen LogP contribution in [-0.4, -0.2) is 19.5 Å². The van der Waals surface area contributed by atoms with Crippen LogP contribution in [0.2, 0.25) is 5.02 Å². The number of carbonyl (C=O) groups excluding carboxylic acids is 1. The smallest absolute Gasteiger partial charge is 0.226 e. The quantitative estimate of drug-likeness (QED) is 0.853. The van der Waals surface area contributed by atoms with Crippen molar-refractivity contribution in [3.63, 3.8) is 0 Å². The maximum Gasteiger partial charge on any atom is 0.226 e. The predicted octanol–water partition coefficient (Wildman–Crippen LogP) is 2.26. The molecule has 0 fully saturated rings. The van der Waals surface area contributed by atoms with Gasteiger partial charge >= 0.3 is 0 Å². The van der Waals surface area contributed by atoms with Gasteiger partial charge in [-0.15, -0.1) is 11.3 Å². The van der Waals surface area contributed by atoms with Crippen LogP contribution in [0, 0.1) is 5.41 Å². The number of nitrogens with one attached hydrogen (secondary N) is 2. The number of hydrogen-bond acceptors (Lipinski definition) is 3. The molecule has 0 saturated heterocycles. The Morgan fingerprint density at radius 1 is 1.56 bits per heavy atom. The predicted molar refractivity (Wildman–Crippen MR) is 68.9 cm³/mol. The summed E-state index contributed by atoms with van der Waals surface area (Å²) in [4.78, 5) is 12.7. The van der Waals surface area contributed by atoms with Crippen molar-refractivity contribution in [1.82, 2.24) is 10.6 Å². The van der Waals surface area contributed by atoms with Crippen LogP contribution >= 0.6 is 22.9 Å². The van der Waals surface area contributed by atoms with Gasteiger partial charge in [-0.05, 0) is 19.9 Å². The number of rotatable bonds is 5. The minimum Gasteiger partial charge on any atom is -0.359 e. The zero-order valence-electron chi connectivity index (χ0n) is 9.76. The van der Waals surface area contributed by atoms with Crippen molar-refractivity contribution >= 4 is 28.8 Å². The zero-order valence-corrected chi connectivity index (χ0v) is 11.3. The molecule has 0 aliphatic heterocycles. The first kappa shape index (κ1) is 13.5. The molecule has 5 heteroatoms. The van der Waals surface area contributed by atoms with Crippen LogP contribution in [0.5, 0.6) is 0 Å². The lowest BCUT2D eigenvalue weighted by molar-refractivity contribution is -0.128. The Kier molecular flexibility index (Phi) is 4.77. The first-order valence-corrected chi connectivity index (χ1v) is 6.37. The van der Waals surface area contributed by atoms with Crippen molar-refractivity contribution in [2.24, 2.45) is 5.41 Å². The molecule has 0 aliphatic carbocycles. The van der Waals surface area contributed by atoms with E-state index in [1.54, 1.807) is 18.4 Å². The highest BCUT2D eigenvalue weighted by Gasteiger charge is 2.25. The molecule has 16 heavy (non-hydrogen) atoms. The maximum atomic E-state index is 11.5. The van der Waals surface area contributed by atoms with E-state index in [0.29, 0.717) is 6.54 Å². The van der Waals surface area contributed by atoms with E-state index in [4.69, 9.17) is 11.6 Å². The second-order valence-corrected chi connectivity index (χ2v) is 5.73. The maximum absolute atomic E-state index is 11.5. The van der Waals surface area contributed by atoms with Crippen LogP contribution in [0.25, 0.3) is 0 Å². The lowest BCUT2D eigenvalue weighted by Crippen LogP contribution is -2.41. The third-order valence-corrected chi connectivity index (χ3v) is 3.61. The van der Waals surface area contributed by atoms with Crippen molar-refractivity contribution in [3.8, 4) is 0 Å². The molecule has 0 aromatic carbocycles. The molecule has 1 amide bonds. The molecule has 0 saturated carbocycles. The highest BCUT2D eigenvalue weighted by molar-refractivity contribution is 7.10. The Morgan fingerprint density at radius 2 is 2.25 bits per heavy atom. The second kappa shape index (κ2) is 5.66. The van der Waals surface area contributed by atoms with Crippen LogP contribution in [0.3, 0.4) is 0 Å². The molecule has 0 unspecified atom stereocenters. The van der Waals surface area contributed by atoms with Crippen molar-refractivity contribution in [2.45, 2.75) is 20.4 Å². The molecule has 1 heterocycles. The summed E-state index contributed by atoms with van der Waals surface area (Å²) in [5.41, 5.74) is -0.393. The van der Waals surface area contributed by atoms with Gasteiger partial charge in [0.2, 0.25) is 5.91 Å². The van der Waals surface area contributed by atoms with Crippen LogP contribution < -0.4 is 10.6 Å². The number of hydrogen-bond donors (Lipinski definition) is 2. The van der Waals surface area contributed by atoms with E-state index in [0.717, 1.165) is 11.6 Å². The Bertz CT molecular complexity index is 363. The molecule has 1 aromatic rings. The summed E-state index contributed by atoms with van der Waals surface area (Å²) >= 11 is 7.44. The van der Waals surface area contributed by atoms with Crippen molar-refractivity contribution in [1.29, 1.82) is 0 Å². The molecular formula is C11H17ClN2OS. The molecule has 3 nitrogen and oxygen atoms in total. The van der Waals surface area contributed by atoms with Gasteiger partial charge in [0.15, 0.2) is 0 Å². The lowest BCUT2D eigenvalue weighted by atomic mass is 9.92. The van der Waals surface area contributed by atoms with E-state index in [-0.39, 0.29) is 5.91 Å². The van der Waals surface area contributed by atoms with Crippen molar-refractivity contribution < 1.29 is 4.79 Å².